The van der Waals surface area contributed by atoms with Gasteiger partial charge in [0, 0.05) is 12.5 Å². The molecule has 0 spiro atoms. The number of rotatable bonds is 5. The number of hydrogen-bond acceptors (Lipinski definition) is 1. The average Bonchev–Trinajstić information content (AvgIpc) is 3.03. The predicted octanol–water partition coefficient (Wildman–Crippen LogP) is 2.39. The Morgan fingerprint density at radius 1 is 1.38 bits per heavy atom. The van der Waals surface area contributed by atoms with Crippen molar-refractivity contribution in [3.63, 3.8) is 0 Å². The van der Waals surface area contributed by atoms with Crippen LogP contribution in [0.15, 0.2) is 30.3 Å². The second-order valence-corrected chi connectivity index (χ2v) is 4.70. The van der Waals surface area contributed by atoms with Crippen LogP contribution < -0.4 is 5.32 Å². The summed E-state index contributed by atoms with van der Waals surface area (Å²) in [6.07, 6.45) is 3.14. The fraction of sp³-hybridized carbons (Fsp3) is 0.500. The molecule has 1 N–H and O–H groups in total. The molecule has 0 saturated heterocycles. The Labute approximate surface area is 97.1 Å². The molecule has 1 aromatic rings. The van der Waals surface area contributed by atoms with Gasteiger partial charge < -0.3 is 5.32 Å². The zero-order valence-corrected chi connectivity index (χ0v) is 9.78. The van der Waals surface area contributed by atoms with Crippen molar-refractivity contribution in [1.82, 2.24) is 5.32 Å². The van der Waals surface area contributed by atoms with Gasteiger partial charge in [0.25, 0.3) is 0 Å². The molecular formula is C14H19NO. The lowest BCUT2D eigenvalue weighted by molar-refractivity contribution is -0.122. The molecule has 0 bridgehead atoms. The number of carbonyl (C=O) groups excluding carboxylic acids is 1. The van der Waals surface area contributed by atoms with Gasteiger partial charge >= 0.3 is 0 Å². The Kier molecular flexibility index (Phi) is 3.60. The van der Waals surface area contributed by atoms with E-state index in [0.29, 0.717) is 11.8 Å². The maximum atomic E-state index is 11.5. The van der Waals surface area contributed by atoms with Crippen LogP contribution in [-0.2, 0) is 11.2 Å². The first-order valence-corrected chi connectivity index (χ1v) is 6.09. The summed E-state index contributed by atoms with van der Waals surface area (Å²) in [5, 5.41) is 3.01. The summed E-state index contributed by atoms with van der Waals surface area (Å²) >= 11 is 0. The van der Waals surface area contributed by atoms with E-state index < -0.39 is 0 Å². The molecule has 1 aliphatic rings. The third-order valence-electron chi connectivity index (χ3n) is 3.23. The molecule has 2 nitrogen and oxygen atoms in total. The third-order valence-corrected chi connectivity index (χ3v) is 3.23. The number of hydrogen-bond donors (Lipinski definition) is 1. The van der Waals surface area contributed by atoms with Crippen molar-refractivity contribution in [1.29, 1.82) is 0 Å². The van der Waals surface area contributed by atoms with E-state index in [1.165, 1.54) is 5.56 Å². The summed E-state index contributed by atoms with van der Waals surface area (Å²) in [4.78, 5) is 11.5. The molecule has 0 aromatic heterocycles. The Bertz CT molecular complexity index is 347. The van der Waals surface area contributed by atoms with Gasteiger partial charge in [0.1, 0.15) is 0 Å². The van der Waals surface area contributed by atoms with Crippen LogP contribution in [0.3, 0.4) is 0 Å². The summed E-state index contributed by atoms with van der Waals surface area (Å²) in [5.74, 6) is 1.16. The number of carbonyl (C=O) groups is 1. The Balaban J connectivity index is 1.60. The second-order valence-electron chi connectivity index (χ2n) is 4.70. The summed E-state index contributed by atoms with van der Waals surface area (Å²) in [5.41, 5.74) is 1.34. The highest BCUT2D eigenvalue weighted by molar-refractivity contribution is 5.81. The van der Waals surface area contributed by atoms with Gasteiger partial charge in [-0.25, -0.2) is 0 Å². The molecule has 0 radical (unpaired) electrons. The van der Waals surface area contributed by atoms with Crippen molar-refractivity contribution in [2.75, 3.05) is 6.54 Å². The van der Waals surface area contributed by atoms with Gasteiger partial charge in [0.15, 0.2) is 0 Å². The van der Waals surface area contributed by atoms with Crippen LogP contribution in [0.2, 0.25) is 0 Å². The van der Waals surface area contributed by atoms with Crippen LogP contribution >= 0.6 is 0 Å². The van der Waals surface area contributed by atoms with E-state index in [4.69, 9.17) is 0 Å². The van der Waals surface area contributed by atoms with Crippen molar-refractivity contribution < 1.29 is 4.79 Å². The van der Waals surface area contributed by atoms with Gasteiger partial charge in [-0.2, -0.15) is 0 Å². The van der Waals surface area contributed by atoms with Crippen molar-refractivity contribution in [2.45, 2.75) is 26.2 Å². The monoisotopic (exact) mass is 217 g/mol. The number of amides is 1. The summed E-state index contributed by atoms with van der Waals surface area (Å²) in [6, 6.07) is 10.4. The van der Waals surface area contributed by atoms with E-state index in [2.05, 4.69) is 36.5 Å². The molecule has 2 heteroatoms. The zero-order valence-electron chi connectivity index (χ0n) is 9.78. The molecule has 2 atom stereocenters. The maximum Gasteiger partial charge on any atom is 0.223 e. The lowest BCUT2D eigenvalue weighted by atomic mass is 10.1. The largest absolute Gasteiger partial charge is 0.356 e. The first-order valence-electron chi connectivity index (χ1n) is 6.09. The predicted molar refractivity (Wildman–Crippen MR) is 65.0 cm³/mol. The van der Waals surface area contributed by atoms with Gasteiger partial charge in [-0.05, 0) is 30.7 Å². The van der Waals surface area contributed by atoms with Crippen molar-refractivity contribution in [2.24, 2.45) is 11.8 Å². The Morgan fingerprint density at radius 2 is 2.06 bits per heavy atom. The molecule has 2 unspecified atom stereocenters. The quantitative estimate of drug-likeness (QED) is 0.754. The molecule has 1 aromatic carbocycles. The zero-order chi connectivity index (χ0) is 11.4. The van der Waals surface area contributed by atoms with E-state index in [1.807, 2.05) is 6.07 Å². The van der Waals surface area contributed by atoms with Gasteiger partial charge in [-0.15, -0.1) is 0 Å². The molecule has 1 amide bonds. The maximum absolute atomic E-state index is 11.5. The summed E-state index contributed by atoms with van der Waals surface area (Å²) in [7, 11) is 0. The lowest BCUT2D eigenvalue weighted by Gasteiger charge is -2.04. The van der Waals surface area contributed by atoms with Crippen LogP contribution in [0.4, 0.5) is 0 Å². The molecule has 1 fully saturated rings. The van der Waals surface area contributed by atoms with Gasteiger partial charge in [0.2, 0.25) is 5.91 Å². The lowest BCUT2D eigenvalue weighted by Crippen LogP contribution is -2.26. The normalized spacial score (nSPS) is 22.8. The number of benzene rings is 1. The van der Waals surface area contributed by atoms with Crippen LogP contribution in [0.25, 0.3) is 0 Å². The van der Waals surface area contributed by atoms with Crippen LogP contribution in [-0.4, -0.2) is 12.5 Å². The van der Waals surface area contributed by atoms with Crippen molar-refractivity contribution >= 4 is 5.91 Å². The van der Waals surface area contributed by atoms with E-state index in [-0.39, 0.29) is 5.91 Å². The topological polar surface area (TPSA) is 29.1 Å². The van der Waals surface area contributed by atoms with Crippen LogP contribution in [0.5, 0.6) is 0 Å². The first kappa shape index (κ1) is 11.2. The molecule has 1 saturated carbocycles. The molecular weight excluding hydrogens is 198 g/mol. The highest BCUT2D eigenvalue weighted by atomic mass is 16.2. The minimum absolute atomic E-state index is 0.251. The smallest absolute Gasteiger partial charge is 0.223 e. The highest BCUT2D eigenvalue weighted by Crippen LogP contribution is 2.37. The third kappa shape index (κ3) is 3.09. The van der Waals surface area contributed by atoms with E-state index in [9.17, 15) is 4.79 Å². The second kappa shape index (κ2) is 5.15. The minimum Gasteiger partial charge on any atom is -0.356 e. The fourth-order valence-corrected chi connectivity index (χ4v) is 1.97. The first-order chi connectivity index (χ1) is 7.77. The average molecular weight is 217 g/mol. The summed E-state index contributed by atoms with van der Waals surface area (Å²) < 4.78 is 0. The number of nitrogens with one attached hydrogen (secondary N) is 1. The molecule has 2 rings (SSSR count). The Hall–Kier alpha value is -1.31. The minimum atomic E-state index is 0.251. The highest BCUT2D eigenvalue weighted by Gasteiger charge is 2.38. The van der Waals surface area contributed by atoms with Crippen molar-refractivity contribution in [3.8, 4) is 0 Å². The van der Waals surface area contributed by atoms with E-state index in [1.54, 1.807) is 0 Å². The standard InChI is InChI=1S/C14H19NO/c1-11-10-13(11)14(16)15-9-5-8-12-6-3-2-4-7-12/h2-4,6-7,11,13H,5,8-10H2,1H3,(H,15,16). The SMILES string of the molecule is CC1CC1C(=O)NCCCc1ccccc1. The molecule has 0 aliphatic heterocycles. The van der Waals surface area contributed by atoms with Crippen LogP contribution in [0.1, 0.15) is 25.3 Å². The Morgan fingerprint density at radius 3 is 2.69 bits per heavy atom. The molecule has 0 heterocycles. The van der Waals surface area contributed by atoms with Gasteiger partial charge in [-0.3, -0.25) is 4.79 Å². The van der Waals surface area contributed by atoms with Crippen LogP contribution in [0, 0.1) is 11.8 Å². The van der Waals surface area contributed by atoms with Gasteiger partial charge in [-0.1, -0.05) is 37.3 Å². The summed E-state index contributed by atoms with van der Waals surface area (Å²) in [6.45, 7) is 2.94. The fourth-order valence-electron chi connectivity index (χ4n) is 1.97. The van der Waals surface area contributed by atoms with E-state index in [0.717, 1.165) is 25.8 Å². The van der Waals surface area contributed by atoms with E-state index >= 15 is 0 Å². The number of aryl methyl sites for hydroxylation is 1. The molecule has 86 valence electrons. The molecule has 1 aliphatic carbocycles. The van der Waals surface area contributed by atoms with Crippen molar-refractivity contribution in [3.05, 3.63) is 35.9 Å². The molecule has 16 heavy (non-hydrogen) atoms. The van der Waals surface area contributed by atoms with Gasteiger partial charge in [0.05, 0.1) is 0 Å².